The minimum atomic E-state index is -5.03. The quantitative estimate of drug-likeness (QED) is 0.0630. The van der Waals surface area contributed by atoms with Gasteiger partial charge in [-0.05, 0) is 60.1 Å². The number of nitrogen functional groups attached to an aromatic ring is 1. The Hall–Kier alpha value is -5.51. The SMILES string of the molecule is Nc1c(S(=O)(=O)O)cc(Nc2ccc(S(=O)(=O)O)c(Nc3nc(Cl)nc(Nc4ccc([SH](=O)=O)cc4)n3)c2)c2c1C(=O)c1ccccc1C2=O. The number of rotatable bonds is 9. The highest BCUT2D eigenvalue weighted by Crippen LogP contribution is 2.40. The summed E-state index contributed by atoms with van der Waals surface area (Å²) in [7, 11) is -12.8. The lowest BCUT2D eigenvalue weighted by molar-refractivity contribution is 0.0980. The van der Waals surface area contributed by atoms with Crippen molar-refractivity contribution in [2.24, 2.45) is 0 Å². The molecule has 0 aliphatic heterocycles. The molecule has 7 N–H and O–H groups in total. The van der Waals surface area contributed by atoms with E-state index in [0.717, 1.165) is 24.3 Å². The molecule has 0 atom stereocenters. The summed E-state index contributed by atoms with van der Waals surface area (Å²) in [4.78, 5) is 37.6. The van der Waals surface area contributed by atoms with E-state index in [-0.39, 0.29) is 55.8 Å². The molecule has 1 aromatic heterocycles. The van der Waals surface area contributed by atoms with Crippen LogP contribution in [0.1, 0.15) is 31.8 Å². The molecule has 256 valence electrons. The van der Waals surface area contributed by atoms with E-state index in [2.05, 4.69) is 30.9 Å². The smallest absolute Gasteiger partial charge is 0.296 e. The summed E-state index contributed by atoms with van der Waals surface area (Å²) in [6.07, 6.45) is 0. The zero-order chi connectivity index (χ0) is 36.1. The van der Waals surface area contributed by atoms with Crippen LogP contribution in [0, 0.1) is 0 Å². The summed E-state index contributed by atoms with van der Waals surface area (Å²) in [5.74, 6) is -1.96. The molecule has 0 bridgehead atoms. The zero-order valence-corrected chi connectivity index (χ0v) is 27.9. The number of benzene rings is 4. The number of nitrogens with one attached hydrogen (secondary N) is 3. The Morgan fingerprint density at radius 1 is 0.660 bits per heavy atom. The van der Waals surface area contributed by atoms with E-state index in [9.17, 15) is 43.9 Å². The number of carbonyl (C=O) groups is 2. The van der Waals surface area contributed by atoms with E-state index < -0.39 is 63.5 Å². The number of halogens is 1. The maximum Gasteiger partial charge on any atom is 0.296 e. The van der Waals surface area contributed by atoms with E-state index >= 15 is 0 Å². The van der Waals surface area contributed by atoms with Crippen LogP contribution in [0.2, 0.25) is 5.28 Å². The van der Waals surface area contributed by atoms with Gasteiger partial charge in [-0.2, -0.15) is 31.8 Å². The molecule has 0 unspecified atom stereocenters. The highest BCUT2D eigenvalue weighted by molar-refractivity contribution is 7.86. The normalized spacial score (nSPS) is 12.7. The Morgan fingerprint density at radius 2 is 1.22 bits per heavy atom. The third-order valence-electron chi connectivity index (χ3n) is 7.20. The Balaban J connectivity index is 1.42. The van der Waals surface area contributed by atoms with Gasteiger partial charge in [-0.1, -0.05) is 24.3 Å². The van der Waals surface area contributed by atoms with Gasteiger partial charge in [0.05, 0.1) is 33.1 Å². The molecule has 5 aromatic rings. The lowest BCUT2D eigenvalue weighted by atomic mass is 9.82. The maximum atomic E-state index is 13.7. The van der Waals surface area contributed by atoms with Gasteiger partial charge in [-0.15, -0.1) is 0 Å². The summed E-state index contributed by atoms with van der Waals surface area (Å²) in [6.45, 7) is 0. The summed E-state index contributed by atoms with van der Waals surface area (Å²) in [5.41, 5.74) is 4.24. The number of nitrogens with zero attached hydrogens (tertiary/aromatic N) is 3. The molecular formula is C29H20ClN7O10S3. The molecule has 4 aromatic carbocycles. The van der Waals surface area contributed by atoms with Crippen molar-refractivity contribution in [2.45, 2.75) is 14.7 Å². The highest BCUT2D eigenvalue weighted by Gasteiger charge is 2.36. The van der Waals surface area contributed by atoms with Crippen molar-refractivity contribution in [3.05, 3.63) is 100 Å². The van der Waals surface area contributed by atoms with Crippen molar-refractivity contribution in [1.29, 1.82) is 0 Å². The number of hydrogen-bond donors (Lipinski definition) is 7. The Bertz CT molecular complexity index is 2570. The summed E-state index contributed by atoms with van der Waals surface area (Å²) in [5, 5.41) is 7.81. The minimum Gasteiger partial charge on any atom is -0.397 e. The predicted molar refractivity (Wildman–Crippen MR) is 180 cm³/mol. The second-order valence-corrected chi connectivity index (χ2v) is 14.5. The molecule has 0 amide bonds. The number of hydrogen-bond acceptors (Lipinski definition) is 15. The second kappa shape index (κ2) is 12.7. The fourth-order valence-electron chi connectivity index (χ4n) is 5.07. The summed E-state index contributed by atoms with van der Waals surface area (Å²) >= 11 is 6.07. The molecule has 0 saturated carbocycles. The first kappa shape index (κ1) is 34.4. The number of fused-ring (bicyclic) bond motifs is 2. The topological polar surface area (TPSA) is 278 Å². The van der Waals surface area contributed by atoms with Crippen molar-refractivity contribution in [3.63, 3.8) is 0 Å². The fourth-order valence-corrected chi connectivity index (χ4v) is 6.90. The molecule has 0 radical (unpaired) electrons. The Morgan fingerprint density at radius 3 is 1.80 bits per heavy atom. The standard InChI is InChI=1S/C29H20ClN7O10S3/c30-27-35-28(33-13-5-8-15(9-6-13)48(40)41)37-29(36-27)34-18-11-14(7-10-20(18)49(42,43)44)32-19-12-21(50(45,46)47)24(31)23-22(19)25(38)16-3-1-2-4-17(16)26(23)39/h1-12,32,48H,31H2,(H,42,43,44)(H,45,46,47)(H2,33,34,35,36,37). The first-order valence-electron chi connectivity index (χ1n) is 13.7. The van der Waals surface area contributed by atoms with Crippen LogP contribution in [0.3, 0.4) is 0 Å². The van der Waals surface area contributed by atoms with Crippen LogP contribution >= 0.6 is 11.6 Å². The first-order chi connectivity index (χ1) is 23.5. The lowest BCUT2D eigenvalue weighted by Gasteiger charge is -2.24. The molecule has 1 heterocycles. The van der Waals surface area contributed by atoms with Crippen LogP contribution in [-0.4, -0.2) is 60.9 Å². The van der Waals surface area contributed by atoms with Crippen LogP contribution in [0.4, 0.5) is 40.3 Å². The maximum absolute atomic E-state index is 13.7. The van der Waals surface area contributed by atoms with Gasteiger partial charge in [0.2, 0.25) is 17.2 Å². The fraction of sp³-hybridized carbons (Fsp3) is 0. The molecular weight excluding hydrogens is 738 g/mol. The van der Waals surface area contributed by atoms with Crippen molar-refractivity contribution < 1.29 is 43.9 Å². The molecule has 1 aliphatic carbocycles. The average Bonchev–Trinajstić information content (AvgIpc) is 3.03. The van der Waals surface area contributed by atoms with Gasteiger partial charge in [0.15, 0.2) is 22.3 Å². The average molecular weight is 758 g/mol. The van der Waals surface area contributed by atoms with E-state index in [0.29, 0.717) is 5.69 Å². The van der Waals surface area contributed by atoms with E-state index in [1.807, 2.05) is 0 Å². The number of anilines is 7. The van der Waals surface area contributed by atoms with Gasteiger partial charge >= 0.3 is 0 Å². The molecule has 0 saturated heterocycles. The predicted octanol–water partition coefficient (Wildman–Crippen LogP) is 3.58. The molecule has 1 aliphatic rings. The largest absolute Gasteiger partial charge is 0.397 e. The van der Waals surface area contributed by atoms with Crippen LogP contribution in [0.25, 0.3) is 0 Å². The Labute approximate surface area is 289 Å². The van der Waals surface area contributed by atoms with Crippen LogP contribution in [0.15, 0.2) is 87.5 Å². The van der Waals surface area contributed by atoms with Crippen molar-refractivity contribution in [3.8, 4) is 0 Å². The third-order valence-corrected chi connectivity index (χ3v) is 9.90. The van der Waals surface area contributed by atoms with Crippen molar-refractivity contribution in [2.75, 3.05) is 21.7 Å². The van der Waals surface area contributed by atoms with Gasteiger partial charge in [0.25, 0.3) is 20.2 Å². The molecule has 6 rings (SSSR count). The molecule has 50 heavy (non-hydrogen) atoms. The second-order valence-electron chi connectivity index (χ2n) is 10.4. The van der Waals surface area contributed by atoms with Crippen molar-refractivity contribution >= 4 is 94.4 Å². The van der Waals surface area contributed by atoms with Crippen LogP contribution in [-0.2, 0) is 30.9 Å². The minimum absolute atomic E-state index is 0.00377. The van der Waals surface area contributed by atoms with Crippen LogP contribution < -0.4 is 21.7 Å². The molecule has 21 heteroatoms. The third kappa shape index (κ3) is 6.70. The molecule has 17 nitrogen and oxygen atoms in total. The first-order valence-corrected chi connectivity index (χ1v) is 18.2. The van der Waals surface area contributed by atoms with E-state index in [1.54, 1.807) is 0 Å². The number of thiol groups is 1. The summed E-state index contributed by atoms with van der Waals surface area (Å²) < 4.78 is 91.5. The van der Waals surface area contributed by atoms with Gasteiger partial charge in [-0.3, -0.25) is 18.7 Å². The number of ketones is 2. The van der Waals surface area contributed by atoms with E-state index in [1.165, 1.54) is 48.5 Å². The number of carbonyl (C=O) groups excluding carboxylic acids is 2. The van der Waals surface area contributed by atoms with Crippen LogP contribution in [0.5, 0.6) is 0 Å². The summed E-state index contributed by atoms with van der Waals surface area (Å²) in [6, 6.07) is 15.4. The Kier molecular flexibility index (Phi) is 8.76. The van der Waals surface area contributed by atoms with E-state index in [4.69, 9.17) is 17.3 Å². The molecule has 0 spiro atoms. The van der Waals surface area contributed by atoms with Crippen molar-refractivity contribution in [1.82, 2.24) is 15.0 Å². The zero-order valence-electron chi connectivity index (χ0n) is 24.6. The van der Waals surface area contributed by atoms with Gasteiger partial charge in [0.1, 0.15) is 9.79 Å². The van der Waals surface area contributed by atoms with Gasteiger partial charge < -0.3 is 21.7 Å². The lowest BCUT2D eigenvalue weighted by Crippen LogP contribution is -2.25. The molecule has 0 fully saturated rings. The monoisotopic (exact) mass is 757 g/mol. The van der Waals surface area contributed by atoms with Gasteiger partial charge in [0, 0.05) is 22.5 Å². The number of aromatic nitrogens is 3. The highest BCUT2D eigenvalue weighted by atomic mass is 35.5. The van der Waals surface area contributed by atoms with Gasteiger partial charge in [-0.25, -0.2) is 8.42 Å². The number of nitrogens with two attached hydrogens (primary N) is 1.